The van der Waals surface area contributed by atoms with Crippen molar-refractivity contribution in [1.29, 1.82) is 0 Å². The Hall–Kier alpha value is -0.840. The quantitative estimate of drug-likeness (QED) is 0.778. The molecular weight excluding hydrogens is 394 g/mol. The molecule has 110 valence electrons. The molecule has 2 aromatic rings. The molecule has 21 heavy (non-hydrogen) atoms. The minimum atomic E-state index is 0.184. The summed E-state index contributed by atoms with van der Waals surface area (Å²) < 4.78 is 7.79. The van der Waals surface area contributed by atoms with Gasteiger partial charge in [0.05, 0.1) is 12.6 Å². The summed E-state index contributed by atoms with van der Waals surface area (Å²) in [7, 11) is 0. The molecule has 0 aliphatic carbocycles. The van der Waals surface area contributed by atoms with E-state index in [4.69, 9.17) is 4.74 Å². The average molecular weight is 411 g/mol. The Kier molecular flexibility index (Phi) is 4.67. The number of rotatable bonds is 4. The molecule has 1 heterocycles. The highest BCUT2D eigenvalue weighted by molar-refractivity contribution is 9.11. The van der Waals surface area contributed by atoms with Gasteiger partial charge in [-0.25, -0.2) is 0 Å². The summed E-state index contributed by atoms with van der Waals surface area (Å²) in [6, 6.07) is 13.0. The molecule has 1 aliphatic rings. The minimum absolute atomic E-state index is 0.184. The van der Waals surface area contributed by atoms with Crippen LogP contribution >= 0.6 is 31.9 Å². The Morgan fingerprint density at radius 1 is 1.19 bits per heavy atom. The zero-order valence-electron chi connectivity index (χ0n) is 11.8. The summed E-state index contributed by atoms with van der Waals surface area (Å²) in [6.45, 7) is 3.85. The van der Waals surface area contributed by atoms with E-state index >= 15 is 0 Å². The summed E-state index contributed by atoms with van der Waals surface area (Å²) in [5.41, 5.74) is 3.84. The molecule has 2 nitrogen and oxygen atoms in total. The average Bonchev–Trinajstić information content (AvgIpc) is 2.93. The first-order valence-electron chi connectivity index (χ1n) is 7.13. The van der Waals surface area contributed by atoms with E-state index in [1.807, 2.05) is 0 Å². The van der Waals surface area contributed by atoms with Crippen molar-refractivity contribution in [3.05, 3.63) is 62.0 Å². The summed E-state index contributed by atoms with van der Waals surface area (Å²) in [6.07, 6.45) is 1.00. The predicted molar refractivity (Wildman–Crippen MR) is 93.0 cm³/mol. The van der Waals surface area contributed by atoms with Crippen LogP contribution in [0, 0.1) is 0 Å². The van der Waals surface area contributed by atoms with Crippen molar-refractivity contribution in [2.75, 3.05) is 13.2 Å². The Morgan fingerprint density at radius 2 is 2.05 bits per heavy atom. The van der Waals surface area contributed by atoms with Crippen molar-refractivity contribution in [1.82, 2.24) is 5.32 Å². The third-order valence-corrected chi connectivity index (χ3v) is 4.91. The molecule has 2 aromatic carbocycles. The van der Waals surface area contributed by atoms with Crippen LogP contribution in [0.15, 0.2) is 45.3 Å². The van der Waals surface area contributed by atoms with Gasteiger partial charge in [-0.1, -0.05) is 57.0 Å². The van der Waals surface area contributed by atoms with Gasteiger partial charge in [-0.3, -0.25) is 0 Å². The van der Waals surface area contributed by atoms with Crippen LogP contribution in [0.4, 0.5) is 0 Å². The molecule has 4 heteroatoms. The summed E-state index contributed by atoms with van der Waals surface area (Å²) in [4.78, 5) is 0. The molecule has 3 rings (SSSR count). The summed E-state index contributed by atoms with van der Waals surface area (Å²) >= 11 is 7.20. The van der Waals surface area contributed by atoms with Gasteiger partial charge in [-0.2, -0.15) is 0 Å². The van der Waals surface area contributed by atoms with Crippen molar-refractivity contribution in [3.63, 3.8) is 0 Å². The number of nitrogens with one attached hydrogen (secondary N) is 1. The van der Waals surface area contributed by atoms with Crippen molar-refractivity contribution in [2.45, 2.75) is 19.4 Å². The lowest BCUT2D eigenvalue weighted by molar-refractivity contribution is 0.357. The van der Waals surface area contributed by atoms with Crippen molar-refractivity contribution < 1.29 is 4.74 Å². The van der Waals surface area contributed by atoms with Crippen LogP contribution in [0.1, 0.15) is 29.7 Å². The first-order chi connectivity index (χ1) is 10.2. The molecule has 0 spiro atoms. The molecule has 0 amide bonds. The Morgan fingerprint density at radius 3 is 2.81 bits per heavy atom. The summed E-state index contributed by atoms with van der Waals surface area (Å²) in [5.74, 6) is 1.03. The normalized spacial score (nSPS) is 14.6. The van der Waals surface area contributed by atoms with E-state index in [0.717, 1.165) is 34.3 Å². The number of hydrogen-bond donors (Lipinski definition) is 1. The van der Waals surface area contributed by atoms with Gasteiger partial charge in [-0.15, -0.1) is 0 Å². The van der Waals surface area contributed by atoms with Crippen LogP contribution < -0.4 is 10.1 Å². The standard InChI is InChI=1S/C17H17Br2NO/c1-2-20-17(14-5-4-13(18)10-15(14)19)12-3-6-16-11(9-12)7-8-21-16/h3-6,9-10,17,20H,2,7-8H2,1H3. The molecule has 0 fully saturated rings. The fraction of sp³-hybridized carbons (Fsp3) is 0.294. The highest BCUT2D eigenvalue weighted by Crippen LogP contribution is 2.34. The fourth-order valence-corrected chi connectivity index (χ4v) is 4.01. The van der Waals surface area contributed by atoms with Crippen molar-refractivity contribution in [3.8, 4) is 5.75 Å². The SMILES string of the molecule is CCNC(c1ccc2c(c1)CCO2)c1ccc(Br)cc1Br. The Bertz CT molecular complexity index is 657. The van der Waals surface area contributed by atoms with E-state index < -0.39 is 0 Å². The van der Waals surface area contributed by atoms with Gasteiger partial charge in [0.15, 0.2) is 0 Å². The third-order valence-electron chi connectivity index (χ3n) is 3.73. The van der Waals surface area contributed by atoms with Crippen LogP contribution in [-0.2, 0) is 6.42 Å². The molecule has 1 atom stereocenters. The second-order valence-electron chi connectivity index (χ2n) is 5.12. The van der Waals surface area contributed by atoms with Gasteiger partial charge < -0.3 is 10.1 Å². The van der Waals surface area contributed by atoms with Gasteiger partial charge in [0, 0.05) is 15.4 Å². The van der Waals surface area contributed by atoms with Gasteiger partial charge in [-0.05, 0) is 41.4 Å². The minimum Gasteiger partial charge on any atom is -0.493 e. The van der Waals surface area contributed by atoms with E-state index in [9.17, 15) is 0 Å². The molecule has 0 saturated heterocycles. The number of fused-ring (bicyclic) bond motifs is 1. The van der Waals surface area contributed by atoms with E-state index in [0.29, 0.717) is 0 Å². The van der Waals surface area contributed by atoms with Gasteiger partial charge in [0.1, 0.15) is 5.75 Å². The smallest absolute Gasteiger partial charge is 0.122 e. The highest BCUT2D eigenvalue weighted by atomic mass is 79.9. The zero-order chi connectivity index (χ0) is 14.8. The maximum atomic E-state index is 5.60. The number of hydrogen-bond acceptors (Lipinski definition) is 2. The second-order valence-corrected chi connectivity index (χ2v) is 6.89. The van der Waals surface area contributed by atoms with E-state index in [1.54, 1.807) is 0 Å². The van der Waals surface area contributed by atoms with Crippen LogP contribution in [0.5, 0.6) is 5.75 Å². The maximum absolute atomic E-state index is 5.60. The second kappa shape index (κ2) is 6.51. The van der Waals surface area contributed by atoms with Crippen LogP contribution in [0.25, 0.3) is 0 Å². The molecule has 0 saturated carbocycles. The van der Waals surface area contributed by atoms with Crippen LogP contribution in [0.2, 0.25) is 0 Å². The molecule has 1 unspecified atom stereocenters. The molecule has 0 bridgehead atoms. The first kappa shape index (κ1) is 15.1. The largest absolute Gasteiger partial charge is 0.493 e. The predicted octanol–water partition coefficient (Wildman–Crippen LogP) is 4.85. The topological polar surface area (TPSA) is 21.3 Å². The molecule has 1 aliphatic heterocycles. The monoisotopic (exact) mass is 409 g/mol. The van der Waals surface area contributed by atoms with E-state index in [1.165, 1.54) is 16.7 Å². The summed E-state index contributed by atoms with van der Waals surface area (Å²) in [5, 5.41) is 3.58. The van der Waals surface area contributed by atoms with Crippen LogP contribution in [0.3, 0.4) is 0 Å². The lowest BCUT2D eigenvalue weighted by atomic mass is 9.96. The van der Waals surface area contributed by atoms with E-state index in [-0.39, 0.29) is 6.04 Å². The van der Waals surface area contributed by atoms with Crippen molar-refractivity contribution in [2.24, 2.45) is 0 Å². The highest BCUT2D eigenvalue weighted by Gasteiger charge is 2.19. The van der Waals surface area contributed by atoms with Crippen molar-refractivity contribution >= 4 is 31.9 Å². The number of ether oxygens (including phenoxy) is 1. The van der Waals surface area contributed by atoms with Crippen LogP contribution in [-0.4, -0.2) is 13.2 Å². The van der Waals surface area contributed by atoms with Gasteiger partial charge in [0.25, 0.3) is 0 Å². The molecule has 1 N–H and O–H groups in total. The zero-order valence-corrected chi connectivity index (χ0v) is 15.0. The number of halogens is 2. The lowest BCUT2D eigenvalue weighted by Gasteiger charge is -2.21. The number of benzene rings is 2. The van der Waals surface area contributed by atoms with Gasteiger partial charge >= 0.3 is 0 Å². The van der Waals surface area contributed by atoms with Gasteiger partial charge in [0.2, 0.25) is 0 Å². The molecule has 0 radical (unpaired) electrons. The Labute approximate surface area is 142 Å². The third kappa shape index (κ3) is 3.17. The maximum Gasteiger partial charge on any atom is 0.122 e. The first-order valence-corrected chi connectivity index (χ1v) is 8.71. The lowest BCUT2D eigenvalue weighted by Crippen LogP contribution is -2.22. The van der Waals surface area contributed by atoms with E-state index in [2.05, 4.69) is 80.5 Å². The molecule has 0 aromatic heterocycles. The molecular formula is C17H17Br2NO. The Balaban J connectivity index is 2.01. The fourth-order valence-electron chi connectivity index (χ4n) is 2.73.